The molecule has 4 nitrogen and oxygen atoms in total. The first-order chi connectivity index (χ1) is 16.1. The van der Waals surface area contributed by atoms with E-state index in [2.05, 4.69) is 57.2 Å². The predicted molar refractivity (Wildman–Crippen MR) is 136 cm³/mol. The van der Waals surface area contributed by atoms with E-state index >= 15 is 0 Å². The SMILES string of the molecule is COC(=O)CC/C(=C(\c1ccc(Br)cc1)c1ccc(OCCN2CC2)cc1)c1ccccc1. The number of hydrogen-bond donors (Lipinski definition) is 0. The lowest BCUT2D eigenvalue weighted by Crippen LogP contribution is -2.10. The highest BCUT2D eigenvalue weighted by molar-refractivity contribution is 9.10. The van der Waals surface area contributed by atoms with Crippen LogP contribution in [0.3, 0.4) is 0 Å². The van der Waals surface area contributed by atoms with Crippen LogP contribution in [0.15, 0.2) is 83.3 Å². The van der Waals surface area contributed by atoms with Crippen molar-refractivity contribution >= 4 is 33.0 Å². The van der Waals surface area contributed by atoms with Gasteiger partial charge < -0.3 is 9.47 Å². The molecule has 5 heteroatoms. The maximum atomic E-state index is 12.0. The lowest BCUT2D eigenvalue weighted by atomic mass is 9.87. The number of esters is 1. The van der Waals surface area contributed by atoms with E-state index in [0.29, 0.717) is 19.4 Å². The summed E-state index contributed by atoms with van der Waals surface area (Å²) in [5, 5.41) is 0. The molecule has 0 aromatic heterocycles. The van der Waals surface area contributed by atoms with Crippen LogP contribution in [0, 0.1) is 0 Å². The van der Waals surface area contributed by atoms with Gasteiger partial charge in [-0.1, -0.05) is 70.5 Å². The summed E-state index contributed by atoms with van der Waals surface area (Å²) in [5.41, 5.74) is 5.49. The van der Waals surface area contributed by atoms with E-state index in [9.17, 15) is 4.79 Å². The molecule has 0 radical (unpaired) electrons. The highest BCUT2D eigenvalue weighted by Gasteiger charge is 2.17. The fraction of sp³-hybridized carbons (Fsp3) is 0.250. The van der Waals surface area contributed by atoms with E-state index in [4.69, 9.17) is 9.47 Å². The van der Waals surface area contributed by atoms with Crippen LogP contribution in [0.4, 0.5) is 0 Å². The van der Waals surface area contributed by atoms with Gasteiger partial charge in [0, 0.05) is 30.5 Å². The average molecular weight is 506 g/mol. The van der Waals surface area contributed by atoms with Crippen molar-refractivity contribution < 1.29 is 14.3 Å². The quantitative estimate of drug-likeness (QED) is 0.191. The van der Waals surface area contributed by atoms with Gasteiger partial charge in [0.15, 0.2) is 0 Å². The van der Waals surface area contributed by atoms with Crippen LogP contribution in [-0.2, 0) is 9.53 Å². The van der Waals surface area contributed by atoms with Gasteiger partial charge in [0.2, 0.25) is 0 Å². The van der Waals surface area contributed by atoms with Crippen molar-refractivity contribution in [3.05, 3.63) is 100 Å². The number of nitrogens with zero attached hydrogens (tertiary/aromatic N) is 1. The molecule has 0 N–H and O–H groups in total. The Morgan fingerprint density at radius 3 is 2.09 bits per heavy atom. The third-order valence-corrected chi connectivity index (χ3v) is 6.25. The molecule has 0 spiro atoms. The summed E-state index contributed by atoms with van der Waals surface area (Å²) >= 11 is 3.54. The van der Waals surface area contributed by atoms with Crippen molar-refractivity contribution in [1.29, 1.82) is 0 Å². The van der Waals surface area contributed by atoms with Crippen LogP contribution >= 0.6 is 15.9 Å². The summed E-state index contributed by atoms with van der Waals surface area (Å²) in [6, 6.07) is 26.8. The summed E-state index contributed by atoms with van der Waals surface area (Å²) in [6.45, 7) is 4.02. The molecule has 1 saturated heterocycles. The van der Waals surface area contributed by atoms with Gasteiger partial charge in [0.1, 0.15) is 12.4 Å². The van der Waals surface area contributed by atoms with Gasteiger partial charge in [0.05, 0.1) is 7.11 Å². The largest absolute Gasteiger partial charge is 0.492 e. The molecule has 0 amide bonds. The molecular formula is C28H28BrNO3. The van der Waals surface area contributed by atoms with Crippen LogP contribution in [-0.4, -0.2) is 44.2 Å². The average Bonchev–Trinajstić information content (AvgIpc) is 3.68. The molecule has 1 aliphatic heterocycles. The van der Waals surface area contributed by atoms with Gasteiger partial charge in [-0.25, -0.2) is 0 Å². The number of carbonyl (C=O) groups is 1. The Labute approximate surface area is 204 Å². The van der Waals surface area contributed by atoms with Crippen LogP contribution < -0.4 is 4.74 Å². The molecule has 1 heterocycles. The maximum absolute atomic E-state index is 12.0. The van der Waals surface area contributed by atoms with Crippen molar-refractivity contribution in [2.24, 2.45) is 0 Å². The van der Waals surface area contributed by atoms with Crippen molar-refractivity contribution in [3.63, 3.8) is 0 Å². The van der Waals surface area contributed by atoms with Crippen molar-refractivity contribution in [1.82, 2.24) is 4.90 Å². The summed E-state index contributed by atoms with van der Waals surface area (Å²) in [4.78, 5) is 14.4. The zero-order valence-corrected chi connectivity index (χ0v) is 20.4. The van der Waals surface area contributed by atoms with E-state index in [-0.39, 0.29) is 5.97 Å². The molecule has 33 heavy (non-hydrogen) atoms. The number of hydrogen-bond acceptors (Lipinski definition) is 4. The van der Waals surface area contributed by atoms with Crippen LogP contribution in [0.2, 0.25) is 0 Å². The van der Waals surface area contributed by atoms with E-state index in [1.807, 2.05) is 42.5 Å². The lowest BCUT2D eigenvalue weighted by molar-refractivity contribution is -0.140. The zero-order valence-electron chi connectivity index (χ0n) is 18.8. The summed E-state index contributed by atoms with van der Waals surface area (Å²) in [6.07, 6.45) is 0.897. The summed E-state index contributed by atoms with van der Waals surface area (Å²) in [5.74, 6) is 0.653. The highest BCUT2D eigenvalue weighted by atomic mass is 79.9. The van der Waals surface area contributed by atoms with E-state index in [1.54, 1.807) is 0 Å². The lowest BCUT2D eigenvalue weighted by Gasteiger charge is -2.18. The predicted octanol–water partition coefficient (Wildman–Crippen LogP) is 6.06. The minimum Gasteiger partial charge on any atom is -0.492 e. The second-order valence-electron chi connectivity index (χ2n) is 8.02. The minimum atomic E-state index is -0.214. The number of rotatable bonds is 10. The third kappa shape index (κ3) is 6.56. The number of carbonyl (C=O) groups excluding carboxylic acids is 1. The highest BCUT2D eigenvalue weighted by Crippen LogP contribution is 2.36. The fourth-order valence-corrected chi connectivity index (χ4v) is 4.08. The normalized spacial score (nSPS) is 13.9. The Kier molecular flexibility index (Phi) is 7.97. The van der Waals surface area contributed by atoms with E-state index < -0.39 is 0 Å². The number of allylic oxidation sites excluding steroid dienone is 1. The van der Waals surface area contributed by atoms with E-state index in [0.717, 1.165) is 44.6 Å². The van der Waals surface area contributed by atoms with Crippen molar-refractivity contribution in [3.8, 4) is 5.75 Å². The monoisotopic (exact) mass is 505 g/mol. The molecule has 0 unspecified atom stereocenters. The topological polar surface area (TPSA) is 38.5 Å². The minimum absolute atomic E-state index is 0.214. The molecule has 1 fully saturated rings. The molecular weight excluding hydrogens is 478 g/mol. The molecule has 0 atom stereocenters. The molecule has 0 saturated carbocycles. The maximum Gasteiger partial charge on any atom is 0.305 e. The first kappa shape index (κ1) is 23.3. The van der Waals surface area contributed by atoms with E-state index in [1.165, 1.54) is 20.2 Å². The number of benzene rings is 3. The fourth-order valence-electron chi connectivity index (χ4n) is 3.82. The molecule has 3 aromatic carbocycles. The second kappa shape index (κ2) is 11.3. The van der Waals surface area contributed by atoms with Crippen LogP contribution in [0.25, 0.3) is 11.1 Å². The molecule has 0 aliphatic carbocycles. The second-order valence-corrected chi connectivity index (χ2v) is 8.93. The summed E-state index contributed by atoms with van der Waals surface area (Å²) < 4.78 is 11.9. The van der Waals surface area contributed by atoms with Gasteiger partial charge in [-0.3, -0.25) is 9.69 Å². The Hall–Kier alpha value is -2.89. The first-order valence-electron chi connectivity index (χ1n) is 11.2. The molecule has 0 bridgehead atoms. The van der Waals surface area contributed by atoms with Crippen LogP contribution in [0.1, 0.15) is 29.5 Å². The van der Waals surface area contributed by atoms with Crippen molar-refractivity contribution in [2.75, 3.05) is 33.4 Å². The molecule has 3 aromatic rings. The molecule has 4 rings (SSSR count). The molecule has 170 valence electrons. The first-order valence-corrected chi connectivity index (χ1v) is 12.0. The smallest absolute Gasteiger partial charge is 0.305 e. The summed E-state index contributed by atoms with van der Waals surface area (Å²) in [7, 11) is 1.43. The number of halogens is 1. The Bertz CT molecular complexity index is 1090. The van der Waals surface area contributed by atoms with Gasteiger partial charge in [0.25, 0.3) is 0 Å². The van der Waals surface area contributed by atoms with Crippen LogP contribution in [0.5, 0.6) is 5.75 Å². The van der Waals surface area contributed by atoms with Gasteiger partial charge in [-0.2, -0.15) is 0 Å². The number of ether oxygens (including phenoxy) is 2. The Morgan fingerprint density at radius 2 is 1.48 bits per heavy atom. The van der Waals surface area contributed by atoms with Gasteiger partial charge in [-0.05, 0) is 58.5 Å². The number of methoxy groups -OCH3 is 1. The third-order valence-electron chi connectivity index (χ3n) is 5.72. The van der Waals surface area contributed by atoms with Crippen molar-refractivity contribution in [2.45, 2.75) is 12.8 Å². The van der Waals surface area contributed by atoms with Gasteiger partial charge >= 0.3 is 5.97 Å². The standard InChI is InChI=1S/C28H28BrNO3/c1-32-27(31)16-15-26(21-5-3-2-4-6-21)28(22-7-11-24(29)12-8-22)23-9-13-25(14-10-23)33-20-19-30-17-18-30/h2-14H,15-20H2,1H3/b28-26-. The van der Waals surface area contributed by atoms with Gasteiger partial charge in [-0.15, -0.1) is 0 Å². The zero-order chi connectivity index (χ0) is 23.0. The Balaban J connectivity index is 1.73. The Morgan fingerprint density at radius 1 is 0.848 bits per heavy atom. The molecule has 1 aliphatic rings.